The average Bonchev–Trinajstić information content (AvgIpc) is 2.39. The first-order chi connectivity index (χ1) is 9.38. The largest absolute Gasteiger partial charge is 0.495 e. The van der Waals surface area contributed by atoms with Gasteiger partial charge in [-0.1, -0.05) is 13.8 Å². The summed E-state index contributed by atoms with van der Waals surface area (Å²) in [7, 11) is 1.57. The van der Waals surface area contributed by atoms with Crippen LogP contribution < -0.4 is 15.4 Å². The molecule has 1 aromatic carbocycles. The fourth-order valence-corrected chi connectivity index (χ4v) is 2.03. The van der Waals surface area contributed by atoms with Gasteiger partial charge >= 0.3 is 6.03 Å². The number of aliphatic hydroxyl groups is 1. The van der Waals surface area contributed by atoms with E-state index in [0.29, 0.717) is 24.4 Å². The van der Waals surface area contributed by atoms with Gasteiger partial charge in [-0.25, -0.2) is 4.79 Å². The first-order valence-electron chi connectivity index (χ1n) is 6.37. The Labute approximate surface area is 127 Å². The number of anilines is 1. The van der Waals surface area contributed by atoms with E-state index in [1.54, 1.807) is 19.2 Å². The molecular weight excluding hydrogens is 324 g/mol. The summed E-state index contributed by atoms with van der Waals surface area (Å²) < 4.78 is 6.00. The Bertz CT molecular complexity index is 464. The van der Waals surface area contributed by atoms with E-state index < -0.39 is 0 Å². The number of hydrogen-bond donors (Lipinski definition) is 3. The predicted molar refractivity (Wildman–Crippen MR) is 83.2 cm³/mol. The molecule has 5 nitrogen and oxygen atoms in total. The second kappa shape index (κ2) is 7.50. The molecule has 0 saturated heterocycles. The van der Waals surface area contributed by atoms with Gasteiger partial charge in [0, 0.05) is 24.9 Å². The molecule has 1 rings (SSSR count). The highest BCUT2D eigenvalue weighted by molar-refractivity contribution is 9.10. The molecule has 20 heavy (non-hydrogen) atoms. The zero-order valence-electron chi connectivity index (χ0n) is 12.0. The third kappa shape index (κ3) is 5.38. The molecule has 0 heterocycles. The predicted octanol–water partition coefficient (Wildman–Crippen LogP) is 2.99. The maximum atomic E-state index is 11.8. The summed E-state index contributed by atoms with van der Waals surface area (Å²) in [5, 5.41) is 14.5. The number of urea groups is 1. The molecule has 3 N–H and O–H groups in total. The van der Waals surface area contributed by atoms with Gasteiger partial charge in [0.25, 0.3) is 0 Å². The van der Waals surface area contributed by atoms with Crippen molar-refractivity contribution in [3.05, 3.63) is 22.7 Å². The van der Waals surface area contributed by atoms with Gasteiger partial charge in [0.05, 0.1) is 11.6 Å². The Hall–Kier alpha value is -1.27. The first-order valence-corrected chi connectivity index (χ1v) is 7.16. The Morgan fingerprint density at radius 1 is 1.45 bits per heavy atom. The van der Waals surface area contributed by atoms with Crippen LogP contribution in [-0.2, 0) is 0 Å². The van der Waals surface area contributed by atoms with Gasteiger partial charge in [-0.2, -0.15) is 0 Å². The summed E-state index contributed by atoms with van der Waals surface area (Å²) in [6, 6.07) is 5.05. The second-order valence-electron chi connectivity index (χ2n) is 5.29. The minimum Gasteiger partial charge on any atom is -0.495 e. The van der Waals surface area contributed by atoms with Gasteiger partial charge in [-0.05, 0) is 39.9 Å². The number of carbonyl (C=O) groups excluding carboxylic acids is 1. The van der Waals surface area contributed by atoms with Crippen molar-refractivity contribution in [3.63, 3.8) is 0 Å². The topological polar surface area (TPSA) is 70.6 Å². The molecule has 0 aromatic heterocycles. The lowest BCUT2D eigenvalue weighted by molar-refractivity contribution is 0.204. The lowest BCUT2D eigenvalue weighted by Gasteiger charge is -2.23. The Morgan fingerprint density at radius 3 is 2.75 bits per heavy atom. The monoisotopic (exact) mass is 344 g/mol. The normalized spacial score (nSPS) is 11.1. The molecule has 0 radical (unpaired) electrons. The molecule has 0 aliphatic heterocycles. The number of benzene rings is 1. The number of methoxy groups -OCH3 is 1. The molecule has 0 atom stereocenters. The summed E-state index contributed by atoms with van der Waals surface area (Å²) in [5.74, 6) is 0.656. The van der Waals surface area contributed by atoms with E-state index >= 15 is 0 Å². The van der Waals surface area contributed by atoms with Crippen molar-refractivity contribution in [3.8, 4) is 5.75 Å². The Kier molecular flexibility index (Phi) is 6.29. The van der Waals surface area contributed by atoms with Crippen molar-refractivity contribution in [2.24, 2.45) is 5.41 Å². The summed E-state index contributed by atoms with van der Waals surface area (Å²) in [6.07, 6.45) is 0.638. The van der Waals surface area contributed by atoms with Crippen LogP contribution in [0.2, 0.25) is 0 Å². The van der Waals surface area contributed by atoms with Crippen molar-refractivity contribution in [2.75, 3.05) is 25.6 Å². The molecule has 2 amide bonds. The third-order valence-electron chi connectivity index (χ3n) is 2.93. The van der Waals surface area contributed by atoms with E-state index in [-0.39, 0.29) is 18.1 Å². The summed E-state index contributed by atoms with van der Waals surface area (Å²) in [4.78, 5) is 11.8. The molecular formula is C14H21BrN2O3. The molecule has 0 aliphatic carbocycles. The summed E-state index contributed by atoms with van der Waals surface area (Å²) in [5.41, 5.74) is 0.520. The maximum absolute atomic E-state index is 11.8. The van der Waals surface area contributed by atoms with Crippen LogP contribution >= 0.6 is 15.9 Å². The van der Waals surface area contributed by atoms with E-state index in [0.717, 1.165) is 4.47 Å². The lowest BCUT2D eigenvalue weighted by Crippen LogP contribution is -2.37. The van der Waals surface area contributed by atoms with E-state index in [9.17, 15) is 4.79 Å². The van der Waals surface area contributed by atoms with Crippen LogP contribution in [0.4, 0.5) is 10.5 Å². The van der Waals surface area contributed by atoms with E-state index in [1.165, 1.54) is 0 Å². The number of hydrogen-bond acceptors (Lipinski definition) is 3. The smallest absolute Gasteiger partial charge is 0.319 e. The zero-order chi connectivity index (χ0) is 15.2. The van der Waals surface area contributed by atoms with E-state index in [4.69, 9.17) is 9.84 Å². The van der Waals surface area contributed by atoms with E-state index in [1.807, 2.05) is 19.9 Å². The van der Waals surface area contributed by atoms with Crippen molar-refractivity contribution < 1.29 is 14.6 Å². The molecule has 0 fully saturated rings. The number of rotatable bonds is 6. The first kappa shape index (κ1) is 16.8. The lowest BCUT2D eigenvalue weighted by atomic mass is 9.90. The molecule has 112 valence electrons. The minimum absolute atomic E-state index is 0.111. The van der Waals surface area contributed by atoms with Crippen molar-refractivity contribution in [1.29, 1.82) is 0 Å². The molecule has 0 bridgehead atoms. The third-order valence-corrected chi connectivity index (χ3v) is 3.58. The molecule has 1 aromatic rings. The average molecular weight is 345 g/mol. The Morgan fingerprint density at radius 2 is 2.15 bits per heavy atom. The van der Waals surface area contributed by atoms with Gasteiger partial charge in [-0.3, -0.25) is 0 Å². The number of ether oxygens (including phenoxy) is 1. The van der Waals surface area contributed by atoms with Crippen LogP contribution in [0, 0.1) is 5.41 Å². The van der Waals surface area contributed by atoms with Gasteiger partial charge in [-0.15, -0.1) is 0 Å². The van der Waals surface area contributed by atoms with E-state index in [2.05, 4.69) is 26.6 Å². The highest BCUT2D eigenvalue weighted by atomic mass is 79.9. The van der Waals surface area contributed by atoms with Crippen LogP contribution in [0.5, 0.6) is 5.75 Å². The van der Waals surface area contributed by atoms with Crippen LogP contribution in [0.25, 0.3) is 0 Å². The molecule has 0 saturated carbocycles. The summed E-state index contributed by atoms with van der Waals surface area (Å²) in [6.45, 7) is 4.59. The molecule has 6 heteroatoms. The van der Waals surface area contributed by atoms with Gasteiger partial charge in [0.1, 0.15) is 5.75 Å². The van der Waals surface area contributed by atoms with Gasteiger partial charge in [0.15, 0.2) is 0 Å². The number of carbonyl (C=O) groups is 1. The number of nitrogens with one attached hydrogen (secondary N) is 2. The van der Waals surface area contributed by atoms with Crippen LogP contribution in [0.3, 0.4) is 0 Å². The SMILES string of the molecule is COc1cc(NC(=O)NCC(C)(C)CCO)ccc1Br. The number of amides is 2. The summed E-state index contributed by atoms with van der Waals surface area (Å²) >= 11 is 3.35. The molecule has 0 spiro atoms. The fourth-order valence-electron chi connectivity index (χ4n) is 1.62. The van der Waals surface area contributed by atoms with Crippen LogP contribution in [-0.4, -0.2) is 31.4 Å². The van der Waals surface area contributed by atoms with Crippen molar-refractivity contribution in [1.82, 2.24) is 5.32 Å². The standard InChI is InChI=1S/C14H21BrN2O3/c1-14(2,6-7-18)9-16-13(19)17-10-4-5-11(15)12(8-10)20-3/h4-5,8,18H,6-7,9H2,1-3H3,(H2,16,17,19). The second-order valence-corrected chi connectivity index (χ2v) is 6.15. The maximum Gasteiger partial charge on any atom is 0.319 e. The highest BCUT2D eigenvalue weighted by Gasteiger charge is 2.18. The quantitative estimate of drug-likeness (QED) is 0.742. The van der Waals surface area contributed by atoms with Crippen LogP contribution in [0.1, 0.15) is 20.3 Å². The fraction of sp³-hybridized carbons (Fsp3) is 0.500. The zero-order valence-corrected chi connectivity index (χ0v) is 13.6. The molecule has 0 unspecified atom stereocenters. The highest BCUT2D eigenvalue weighted by Crippen LogP contribution is 2.27. The van der Waals surface area contributed by atoms with Gasteiger partial charge < -0.3 is 20.5 Å². The van der Waals surface area contributed by atoms with Gasteiger partial charge in [0.2, 0.25) is 0 Å². The van der Waals surface area contributed by atoms with Crippen molar-refractivity contribution in [2.45, 2.75) is 20.3 Å². The minimum atomic E-state index is -0.277. The number of halogens is 1. The van der Waals surface area contributed by atoms with Crippen molar-refractivity contribution >= 4 is 27.6 Å². The van der Waals surface area contributed by atoms with Crippen LogP contribution in [0.15, 0.2) is 22.7 Å². The number of aliphatic hydroxyl groups excluding tert-OH is 1. The Balaban J connectivity index is 2.54. The molecule has 0 aliphatic rings.